The summed E-state index contributed by atoms with van der Waals surface area (Å²) in [5.41, 5.74) is 0. The molecule has 0 aliphatic heterocycles. The van der Waals surface area contributed by atoms with Crippen LogP contribution in [0.4, 0.5) is 4.39 Å². The van der Waals surface area contributed by atoms with E-state index in [1.807, 2.05) is 0 Å². The van der Waals surface area contributed by atoms with Gasteiger partial charge in [-0.3, -0.25) is 0 Å². The number of aliphatic hydroxyl groups excluding tert-OH is 1. The van der Waals surface area contributed by atoms with Crippen LogP contribution in [-0.4, -0.2) is 28.4 Å². The standard InChI is InChI=1S/C8H14BrFO3/c1-3-5-6(11)8(9,10)7(12)13-4-2/h6,11H,3-5H2,1-2H3/t6-,8-/m1/s1. The van der Waals surface area contributed by atoms with Crippen molar-refractivity contribution in [1.29, 1.82) is 0 Å². The van der Waals surface area contributed by atoms with Gasteiger partial charge in [-0.05, 0) is 29.3 Å². The Hall–Kier alpha value is -0.160. The lowest BCUT2D eigenvalue weighted by molar-refractivity contribution is -0.156. The summed E-state index contributed by atoms with van der Waals surface area (Å²) >= 11 is 2.52. The average molecular weight is 257 g/mol. The number of hydrogen-bond acceptors (Lipinski definition) is 3. The maximum Gasteiger partial charge on any atom is 0.357 e. The summed E-state index contributed by atoms with van der Waals surface area (Å²) in [6.07, 6.45) is -0.560. The maximum atomic E-state index is 13.4. The predicted molar refractivity (Wildman–Crippen MR) is 50.3 cm³/mol. The van der Waals surface area contributed by atoms with Crippen molar-refractivity contribution in [3.63, 3.8) is 0 Å². The lowest BCUT2D eigenvalue weighted by atomic mass is 10.1. The van der Waals surface area contributed by atoms with Crippen LogP contribution in [-0.2, 0) is 9.53 Å². The average Bonchev–Trinajstić information content (AvgIpc) is 2.05. The minimum Gasteiger partial charge on any atom is -0.463 e. The second-order valence-corrected chi connectivity index (χ2v) is 3.80. The van der Waals surface area contributed by atoms with Gasteiger partial charge in [0.1, 0.15) is 6.10 Å². The van der Waals surface area contributed by atoms with E-state index in [2.05, 4.69) is 20.7 Å². The molecule has 0 aliphatic carbocycles. The molecule has 0 amide bonds. The summed E-state index contributed by atoms with van der Waals surface area (Å²) in [6.45, 7) is 3.46. The third kappa shape index (κ3) is 3.60. The smallest absolute Gasteiger partial charge is 0.357 e. The molecule has 0 radical (unpaired) electrons. The van der Waals surface area contributed by atoms with Gasteiger partial charge >= 0.3 is 5.97 Å². The number of ether oxygens (including phenoxy) is 1. The lowest BCUT2D eigenvalue weighted by Crippen LogP contribution is -2.41. The Morgan fingerprint density at radius 2 is 2.23 bits per heavy atom. The molecule has 13 heavy (non-hydrogen) atoms. The Morgan fingerprint density at radius 3 is 2.62 bits per heavy atom. The summed E-state index contributed by atoms with van der Waals surface area (Å²) in [5.74, 6) is -1.07. The third-order valence-electron chi connectivity index (χ3n) is 1.53. The Bertz CT molecular complexity index is 173. The van der Waals surface area contributed by atoms with Crippen LogP contribution in [0.25, 0.3) is 0 Å². The van der Waals surface area contributed by atoms with Crippen LogP contribution in [0.5, 0.6) is 0 Å². The SMILES string of the molecule is CCC[C@@H](O)[C@](F)(Br)C(=O)OCC. The van der Waals surface area contributed by atoms with Crippen molar-refractivity contribution in [2.45, 2.75) is 37.4 Å². The largest absolute Gasteiger partial charge is 0.463 e. The Labute approximate surface area is 85.4 Å². The van der Waals surface area contributed by atoms with Crippen LogP contribution >= 0.6 is 15.9 Å². The van der Waals surface area contributed by atoms with Gasteiger partial charge in [-0.2, -0.15) is 0 Å². The highest BCUT2D eigenvalue weighted by atomic mass is 79.9. The van der Waals surface area contributed by atoms with Gasteiger partial charge in [0.15, 0.2) is 0 Å². The van der Waals surface area contributed by atoms with E-state index < -0.39 is 16.7 Å². The van der Waals surface area contributed by atoms with E-state index >= 15 is 0 Å². The van der Waals surface area contributed by atoms with Gasteiger partial charge in [0, 0.05) is 0 Å². The number of aliphatic hydroxyl groups is 1. The van der Waals surface area contributed by atoms with Gasteiger partial charge in [-0.15, -0.1) is 0 Å². The van der Waals surface area contributed by atoms with Crippen LogP contribution in [0, 0.1) is 0 Å². The van der Waals surface area contributed by atoms with Crippen molar-refractivity contribution in [2.24, 2.45) is 0 Å². The molecule has 0 saturated carbocycles. The van der Waals surface area contributed by atoms with Crippen LogP contribution in [0.3, 0.4) is 0 Å². The Kier molecular flexibility index (Phi) is 5.48. The van der Waals surface area contributed by atoms with Gasteiger partial charge < -0.3 is 9.84 Å². The highest BCUT2D eigenvalue weighted by Crippen LogP contribution is 2.28. The molecule has 0 aromatic rings. The molecule has 0 aromatic carbocycles. The minimum atomic E-state index is -2.47. The molecule has 0 aromatic heterocycles. The zero-order valence-corrected chi connectivity index (χ0v) is 9.30. The van der Waals surface area contributed by atoms with E-state index in [0.29, 0.717) is 6.42 Å². The first-order valence-corrected chi connectivity index (χ1v) is 4.99. The van der Waals surface area contributed by atoms with E-state index in [9.17, 15) is 14.3 Å². The molecule has 0 rings (SSSR count). The zero-order valence-electron chi connectivity index (χ0n) is 7.72. The van der Waals surface area contributed by atoms with Crippen LogP contribution in [0.1, 0.15) is 26.7 Å². The fourth-order valence-corrected chi connectivity index (χ4v) is 1.16. The molecular weight excluding hydrogens is 243 g/mol. The fraction of sp³-hybridized carbons (Fsp3) is 0.875. The topological polar surface area (TPSA) is 46.5 Å². The first kappa shape index (κ1) is 12.8. The minimum absolute atomic E-state index is 0.0922. The van der Waals surface area contributed by atoms with Gasteiger partial charge in [-0.1, -0.05) is 13.3 Å². The van der Waals surface area contributed by atoms with Crippen molar-refractivity contribution in [1.82, 2.24) is 0 Å². The summed E-state index contributed by atoms with van der Waals surface area (Å²) in [6, 6.07) is 0. The van der Waals surface area contributed by atoms with E-state index in [4.69, 9.17) is 0 Å². The molecule has 0 fully saturated rings. The van der Waals surface area contributed by atoms with Crippen molar-refractivity contribution < 1.29 is 19.0 Å². The molecule has 5 heteroatoms. The molecule has 1 N–H and O–H groups in total. The number of alkyl halides is 2. The fourth-order valence-electron chi connectivity index (χ4n) is 0.818. The molecular formula is C8H14BrFO3. The quantitative estimate of drug-likeness (QED) is 0.603. The van der Waals surface area contributed by atoms with Crippen LogP contribution < -0.4 is 0 Å². The molecule has 0 saturated heterocycles. The number of halogens is 2. The lowest BCUT2D eigenvalue weighted by Gasteiger charge is -2.21. The highest BCUT2D eigenvalue weighted by molar-refractivity contribution is 9.10. The second-order valence-electron chi connectivity index (χ2n) is 2.65. The van der Waals surface area contributed by atoms with Crippen LogP contribution in [0.15, 0.2) is 0 Å². The third-order valence-corrected chi connectivity index (χ3v) is 2.38. The van der Waals surface area contributed by atoms with Gasteiger partial charge in [-0.25, -0.2) is 9.18 Å². The molecule has 2 atom stereocenters. The molecule has 0 heterocycles. The first-order chi connectivity index (χ1) is 5.96. The highest BCUT2D eigenvalue weighted by Gasteiger charge is 2.44. The molecule has 0 spiro atoms. The Balaban J connectivity index is 4.26. The normalized spacial score (nSPS) is 17.6. The molecule has 78 valence electrons. The van der Waals surface area contributed by atoms with Crippen molar-refractivity contribution >= 4 is 21.9 Å². The van der Waals surface area contributed by atoms with E-state index in [-0.39, 0.29) is 13.0 Å². The van der Waals surface area contributed by atoms with Gasteiger partial charge in [0.2, 0.25) is 0 Å². The molecule has 0 bridgehead atoms. The van der Waals surface area contributed by atoms with Gasteiger partial charge in [0.05, 0.1) is 6.61 Å². The summed E-state index contributed by atoms with van der Waals surface area (Å²) in [7, 11) is 0. The van der Waals surface area contributed by atoms with E-state index in [1.165, 1.54) is 0 Å². The number of rotatable bonds is 5. The van der Waals surface area contributed by atoms with Crippen molar-refractivity contribution in [3.05, 3.63) is 0 Å². The molecule has 0 unspecified atom stereocenters. The van der Waals surface area contributed by atoms with Gasteiger partial charge in [0.25, 0.3) is 4.58 Å². The number of hydrogen-bond donors (Lipinski definition) is 1. The molecule has 0 aliphatic rings. The summed E-state index contributed by atoms with van der Waals surface area (Å²) in [5, 5.41) is 9.25. The number of carbonyl (C=O) groups excluding carboxylic acids is 1. The maximum absolute atomic E-state index is 13.4. The monoisotopic (exact) mass is 256 g/mol. The first-order valence-electron chi connectivity index (χ1n) is 4.19. The van der Waals surface area contributed by atoms with E-state index in [0.717, 1.165) is 0 Å². The molecule has 3 nitrogen and oxygen atoms in total. The predicted octanol–water partition coefficient (Wildman–Crippen LogP) is 1.77. The van der Waals surface area contributed by atoms with Crippen LogP contribution in [0.2, 0.25) is 0 Å². The van der Waals surface area contributed by atoms with Crippen molar-refractivity contribution in [2.75, 3.05) is 6.61 Å². The Morgan fingerprint density at radius 1 is 1.69 bits per heavy atom. The summed E-state index contributed by atoms with van der Waals surface area (Å²) < 4.78 is 15.4. The van der Waals surface area contributed by atoms with E-state index in [1.54, 1.807) is 13.8 Å². The van der Waals surface area contributed by atoms with Crippen molar-refractivity contribution in [3.8, 4) is 0 Å². The number of carbonyl (C=O) groups is 1. The number of esters is 1. The second kappa shape index (κ2) is 5.54. The zero-order chi connectivity index (χ0) is 10.5. The summed E-state index contributed by atoms with van der Waals surface area (Å²) in [4.78, 5) is 11.0.